The van der Waals surface area contributed by atoms with Gasteiger partial charge in [0.15, 0.2) is 0 Å². The molecule has 2 rings (SSSR count). The molecular weight excluding hydrogens is 290 g/mol. The highest BCUT2D eigenvalue weighted by Gasteiger charge is 2.07. The number of carbonyl (C=O) groups excluding carboxylic acids is 1. The van der Waals surface area contributed by atoms with Crippen LogP contribution in [-0.4, -0.2) is 18.1 Å². The highest BCUT2D eigenvalue weighted by Crippen LogP contribution is 2.19. The van der Waals surface area contributed by atoms with E-state index in [2.05, 4.69) is 5.32 Å². The first-order valence-corrected chi connectivity index (χ1v) is 7.79. The van der Waals surface area contributed by atoms with Crippen molar-refractivity contribution in [2.75, 3.05) is 5.32 Å². The van der Waals surface area contributed by atoms with Crippen molar-refractivity contribution in [3.63, 3.8) is 0 Å². The summed E-state index contributed by atoms with van der Waals surface area (Å²) in [6, 6.07) is 14.4. The van der Waals surface area contributed by atoms with Crippen molar-refractivity contribution in [3.05, 3.63) is 54.1 Å². The first-order valence-electron chi connectivity index (χ1n) is 7.79. The molecule has 0 aromatic heterocycles. The van der Waals surface area contributed by atoms with E-state index in [0.717, 1.165) is 17.2 Å². The Morgan fingerprint density at radius 3 is 1.65 bits per heavy atom. The molecule has 0 unspecified atom stereocenters. The van der Waals surface area contributed by atoms with E-state index < -0.39 is 0 Å². The molecule has 4 heteroatoms. The van der Waals surface area contributed by atoms with Crippen LogP contribution in [0.15, 0.2) is 48.5 Å². The molecule has 2 aromatic rings. The highest BCUT2D eigenvalue weighted by molar-refractivity contribution is 6.04. The highest BCUT2D eigenvalue weighted by atomic mass is 16.5. The summed E-state index contributed by atoms with van der Waals surface area (Å²) < 4.78 is 11.1. The lowest BCUT2D eigenvalue weighted by Crippen LogP contribution is -2.12. The van der Waals surface area contributed by atoms with Crippen LogP contribution in [0.4, 0.5) is 5.69 Å². The van der Waals surface area contributed by atoms with Crippen molar-refractivity contribution in [2.45, 2.75) is 39.9 Å². The number of nitrogens with one attached hydrogen (secondary N) is 1. The molecule has 122 valence electrons. The zero-order valence-electron chi connectivity index (χ0n) is 14.0. The monoisotopic (exact) mass is 313 g/mol. The molecule has 23 heavy (non-hydrogen) atoms. The van der Waals surface area contributed by atoms with Crippen LogP contribution in [0.5, 0.6) is 11.5 Å². The zero-order chi connectivity index (χ0) is 16.8. The van der Waals surface area contributed by atoms with E-state index in [1.165, 1.54) is 0 Å². The van der Waals surface area contributed by atoms with Crippen LogP contribution in [0, 0.1) is 0 Å². The van der Waals surface area contributed by atoms with Crippen molar-refractivity contribution in [1.29, 1.82) is 0 Å². The number of carbonyl (C=O) groups is 1. The smallest absolute Gasteiger partial charge is 0.255 e. The summed E-state index contributed by atoms with van der Waals surface area (Å²) in [5.41, 5.74) is 1.32. The minimum absolute atomic E-state index is 0.112. The summed E-state index contributed by atoms with van der Waals surface area (Å²) in [5, 5.41) is 2.86. The molecule has 0 bridgehead atoms. The number of amides is 1. The Morgan fingerprint density at radius 2 is 1.22 bits per heavy atom. The molecule has 0 radical (unpaired) electrons. The molecule has 0 aliphatic rings. The van der Waals surface area contributed by atoms with Crippen LogP contribution < -0.4 is 14.8 Å². The Bertz CT molecular complexity index is 631. The van der Waals surface area contributed by atoms with Crippen LogP contribution in [-0.2, 0) is 0 Å². The lowest BCUT2D eigenvalue weighted by atomic mass is 10.2. The molecule has 0 heterocycles. The second-order valence-electron chi connectivity index (χ2n) is 5.84. The largest absolute Gasteiger partial charge is 0.491 e. The van der Waals surface area contributed by atoms with Gasteiger partial charge < -0.3 is 14.8 Å². The Kier molecular flexibility index (Phi) is 5.63. The summed E-state index contributed by atoms with van der Waals surface area (Å²) >= 11 is 0. The van der Waals surface area contributed by atoms with Crippen molar-refractivity contribution in [1.82, 2.24) is 0 Å². The van der Waals surface area contributed by atoms with Crippen LogP contribution in [0.3, 0.4) is 0 Å². The van der Waals surface area contributed by atoms with Crippen LogP contribution in [0.25, 0.3) is 0 Å². The third kappa shape index (κ3) is 5.33. The molecule has 0 atom stereocenters. The van der Waals surface area contributed by atoms with Crippen LogP contribution in [0.2, 0.25) is 0 Å². The Labute approximate surface area is 137 Å². The molecule has 0 aliphatic carbocycles. The van der Waals surface area contributed by atoms with Gasteiger partial charge in [-0.2, -0.15) is 0 Å². The second kappa shape index (κ2) is 7.68. The molecule has 1 amide bonds. The average Bonchev–Trinajstić information content (AvgIpc) is 2.49. The number of ether oxygens (including phenoxy) is 2. The number of anilines is 1. The minimum atomic E-state index is -0.154. The van der Waals surface area contributed by atoms with E-state index in [9.17, 15) is 4.79 Å². The zero-order valence-corrected chi connectivity index (χ0v) is 14.0. The van der Waals surface area contributed by atoms with Crippen molar-refractivity contribution in [3.8, 4) is 11.5 Å². The van der Waals surface area contributed by atoms with Gasteiger partial charge in [-0.15, -0.1) is 0 Å². The summed E-state index contributed by atoms with van der Waals surface area (Å²) in [7, 11) is 0. The standard InChI is InChI=1S/C19H23NO3/c1-13(2)22-17-9-5-15(6-10-17)19(21)20-16-7-11-18(12-8-16)23-14(3)4/h5-14H,1-4H3,(H,20,21). The summed E-state index contributed by atoms with van der Waals surface area (Å²) in [5.74, 6) is 1.39. The lowest BCUT2D eigenvalue weighted by Gasteiger charge is -2.11. The van der Waals surface area contributed by atoms with Gasteiger partial charge in [-0.1, -0.05) is 0 Å². The van der Waals surface area contributed by atoms with E-state index in [1.54, 1.807) is 24.3 Å². The molecule has 0 saturated heterocycles. The molecule has 0 fully saturated rings. The van der Waals surface area contributed by atoms with Crippen molar-refractivity contribution < 1.29 is 14.3 Å². The minimum Gasteiger partial charge on any atom is -0.491 e. The van der Waals surface area contributed by atoms with E-state index in [1.807, 2.05) is 52.0 Å². The lowest BCUT2D eigenvalue weighted by molar-refractivity contribution is 0.102. The normalized spacial score (nSPS) is 10.7. The van der Waals surface area contributed by atoms with Crippen LogP contribution in [0.1, 0.15) is 38.1 Å². The third-order valence-electron chi connectivity index (χ3n) is 2.97. The van der Waals surface area contributed by atoms with Gasteiger partial charge in [0.25, 0.3) is 5.91 Å². The third-order valence-corrected chi connectivity index (χ3v) is 2.97. The number of hydrogen-bond acceptors (Lipinski definition) is 3. The number of hydrogen-bond donors (Lipinski definition) is 1. The maximum atomic E-state index is 12.2. The molecule has 0 saturated carbocycles. The molecule has 0 aliphatic heterocycles. The topological polar surface area (TPSA) is 47.6 Å². The number of benzene rings is 2. The van der Waals surface area contributed by atoms with Gasteiger partial charge >= 0.3 is 0 Å². The maximum absolute atomic E-state index is 12.2. The van der Waals surface area contributed by atoms with Crippen molar-refractivity contribution in [2.24, 2.45) is 0 Å². The van der Waals surface area contributed by atoms with Gasteiger partial charge in [0.1, 0.15) is 11.5 Å². The molecule has 0 spiro atoms. The fourth-order valence-electron chi connectivity index (χ4n) is 2.05. The van der Waals surface area contributed by atoms with Gasteiger partial charge in [0.2, 0.25) is 0 Å². The summed E-state index contributed by atoms with van der Waals surface area (Å²) in [6.45, 7) is 7.88. The quantitative estimate of drug-likeness (QED) is 0.853. The predicted molar refractivity (Wildman–Crippen MR) is 92.4 cm³/mol. The average molecular weight is 313 g/mol. The first-order chi connectivity index (χ1) is 10.9. The van der Waals surface area contributed by atoms with Gasteiger partial charge in [-0.25, -0.2) is 0 Å². The molecular formula is C19H23NO3. The SMILES string of the molecule is CC(C)Oc1ccc(NC(=O)c2ccc(OC(C)C)cc2)cc1. The Hall–Kier alpha value is -2.49. The Morgan fingerprint density at radius 1 is 0.783 bits per heavy atom. The van der Waals surface area contributed by atoms with Gasteiger partial charge in [-0.3, -0.25) is 4.79 Å². The fraction of sp³-hybridized carbons (Fsp3) is 0.316. The second-order valence-corrected chi connectivity index (χ2v) is 5.84. The van der Waals surface area contributed by atoms with E-state index in [-0.39, 0.29) is 18.1 Å². The van der Waals surface area contributed by atoms with E-state index >= 15 is 0 Å². The maximum Gasteiger partial charge on any atom is 0.255 e. The fourth-order valence-corrected chi connectivity index (χ4v) is 2.05. The number of rotatable bonds is 6. The molecule has 2 aromatic carbocycles. The van der Waals surface area contributed by atoms with E-state index in [0.29, 0.717) is 5.56 Å². The molecule has 1 N–H and O–H groups in total. The summed E-state index contributed by atoms with van der Waals surface area (Å²) in [4.78, 5) is 12.2. The Balaban J connectivity index is 1.98. The van der Waals surface area contributed by atoms with Gasteiger partial charge in [0.05, 0.1) is 12.2 Å². The first kappa shape index (κ1) is 16.9. The summed E-state index contributed by atoms with van der Waals surface area (Å²) in [6.07, 6.45) is 0.239. The van der Waals surface area contributed by atoms with Gasteiger partial charge in [-0.05, 0) is 76.2 Å². The predicted octanol–water partition coefficient (Wildman–Crippen LogP) is 4.51. The molecule has 4 nitrogen and oxygen atoms in total. The van der Waals surface area contributed by atoms with Gasteiger partial charge in [0, 0.05) is 11.3 Å². The van der Waals surface area contributed by atoms with Crippen molar-refractivity contribution >= 4 is 11.6 Å². The van der Waals surface area contributed by atoms with E-state index in [4.69, 9.17) is 9.47 Å². The van der Waals surface area contributed by atoms with Crippen LogP contribution >= 0.6 is 0 Å².